The minimum absolute atomic E-state index is 0.0269. The smallest absolute Gasteiger partial charge is 0.328 e. The number of nitrogens with zero attached hydrogens (tertiary/aromatic N) is 3. The highest BCUT2D eigenvalue weighted by Gasteiger charge is 2.33. The molecule has 1 aromatic heterocycles. The van der Waals surface area contributed by atoms with Crippen molar-refractivity contribution in [2.24, 2.45) is 0 Å². The average Bonchev–Trinajstić information content (AvgIpc) is 2.33. The summed E-state index contributed by atoms with van der Waals surface area (Å²) in [5, 5.41) is 0.0764. The molecule has 1 rings (SSSR count). The Hall–Kier alpha value is -1.37. The lowest BCUT2D eigenvalue weighted by Crippen LogP contribution is -2.40. The minimum atomic E-state index is -4.44. The van der Waals surface area contributed by atoms with E-state index in [1.165, 1.54) is 0 Å². The quantitative estimate of drug-likeness (QED) is 0.839. The maximum atomic E-state index is 12.4. The second-order valence-corrected chi connectivity index (χ2v) is 4.31. The molecule has 8 heteroatoms. The van der Waals surface area contributed by atoms with Gasteiger partial charge in [-0.1, -0.05) is 24.9 Å². The van der Waals surface area contributed by atoms with Gasteiger partial charge >= 0.3 is 6.18 Å². The summed E-state index contributed by atoms with van der Waals surface area (Å²) >= 11 is 5.51. The van der Waals surface area contributed by atoms with Gasteiger partial charge in [0.1, 0.15) is 17.4 Å². The molecule has 0 saturated heterocycles. The highest BCUT2D eigenvalue weighted by atomic mass is 35.5. The monoisotopic (exact) mass is 295 g/mol. The number of amides is 1. The third kappa shape index (κ3) is 5.42. The summed E-state index contributed by atoms with van der Waals surface area (Å²) in [6, 6.07) is 0. The Labute approximate surface area is 113 Å². The molecule has 0 radical (unpaired) electrons. The number of carbonyl (C=O) groups is 1. The van der Waals surface area contributed by atoms with Crippen LogP contribution in [-0.4, -0.2) is 40.0 Å². The fourth-order valence-corrected chi connectivity index (χ4v) is 1.50. The molecule has 19 heavy (non-hydrogen) atoms. The first kappa shape index (κ1) is 15.7. The first-order valence-electron chi connectivity index (χ1n) is 5.67. The van der Waals surface area contributed by atoms with Gasteiger partial charge in [0.2, 0.25) is 0 Å². The van der Waals surface area contributed by atoms with Crippen molar-refractivity contribution >= 4 is 17.5 Å². The van der Waals surface area contributed by atoms with E-state index in [4.69, 9.17) is 11.6 Å². The predicted molar refractivity (Wildman–Crippen MR) is 63.9 cm³/mol. The molecule has 0 bridgehead atoms. The first-order valence-corrected chi connectivity index (χ1v) is 6.05. The molecule has 1 aromatic rings. The summed E-state index contributed by atoms with van der Waals surface area (Å²) in [5.74, 6) is -0.796. The fourth-order valence-electron chi connectivity index (χ4n) is 1.40. The van der Waals surface area contributed by atoms with Crippen molar-refractivity contribution in [1.29, 1.82) is 0 Å². The number of alkyl halides is 3. The topological polar surface area (TPSA) is 46.1 Å². The van der Waals surface area contributed by atoms with E-state index in [0.29, 0.717) is 12.8 Å². The highest BCUT2D eigenvalue weighted by molar-refractivity contribution is 6.29. The van der Waals surface area contributed by atoms with E-state index in [1.807, 2.05) is 6.92 Å². The van der Waals surface area contributed by atoms with E-state index in [1.54, 1.807) is 0 Å². The van der Waals surface area contributed by atoms with Crippen LogP contribution in [0, 0.1) is 0 Å². The van der Waals surface area contributed by atoms with Crippen LogP contribution in [0.3, 0.4) is 0 Å². The Morgan fingerprint density at radius 3 is 2.53 bits per heavy atom. The Balaban J connectivity index is 2.83. The molecular formula is C11H13ClF3N3O. The van der Waals surface area contributed by atoms with Gasteiger partial charge in [-0.25, -0.2) is 9.97 Å². The summed E-state index contributed by atoms with van der Waals surface area (Å²) in [7, 11) is 0. The molecule has 1 amide bonds. The Kier molecular flexibility index (Phi) is 5.53. The number of carbonyl (C=O) groups excluding carboxylic acids is 1. The Morgan fingerprint density at radius 2 is 2.05 bits per heavy atom. The third-order valence-electron chi connectivity index (χ3n) is 2.28. The van der Waals surface area contributed by atoms with Crippen LogP contribution >= 0.6 is 11.6 Å². The van der Waals surface area contributed by atoms with Crippen LogP contribution < -0.4 is 0 Å². The Morgan fingerprint density at radius 1 is 1.37 bits per heavy atom. The third-order valence-corrected chi connectivity index (χ3v) is 2.47. The summed E-state index contributed by atoms with van der Waals surface area (Å²) in [5.41, 5.74) is -0.148. The standard InChI is InChI=1S/C11H13ClF3N3O/c1-2-3-4-18(7-11(13,14)15)10(19)8-5-17-9(12)6-16-8/h5-6H,2-4,7H2,1H3. The van der Waals surface area contributed by atoms with Gasteiger partial charge in [0.15, 0.2) is 0 Å². The second kappa shape index (κ2) is 6.70. The fraction of sp³-hybridized carbons (Fsp3) is 0.545. The van der Waals surface area contributed by atoms with Crippen LogP contribution in [0.2, 0.25) is 5.15 Å². The Bertz CT molecular complexity index is 422. The van der Waals surface area contributed by atoms with Crippen molar-refractivity contribution in [3.05, 3.63) is 23.2 Å². The van der Waals surface area contributed by atoms with E-state index < -0.39 is 18.6 Å². The zero-order valence-corrected chi connectivity index (χ0v) is 11.0. The van der Waals surface area contributed by atoms with Crippen molar-refractivity contribution in [2.45, 2.75) is 25.9 Å². The average molecular weight is 296 g/mol. The SMILES string of the molecule is CCCCN(CC(F)(F)F)C(=O)c1cnc(Cl)cn1. The molecule has 0 atom stereocenters. The van der Waals surface area contributed by atoms with E-state index in [9.17, 15) is 18.0 Å². The van der Waals surface area contributed by atoms with Gasteiger partial charge in [-0.2, -0.15) is 13.2 Å². The molecular weight excluding hydrogens is 283 g/mol. The number of hydrogen-bond donors (Lipinski definition) is 0. The molecule has 0 fully saturated rings. The van der Waals surface area contributed by atoms with Crippen LogP contribution in [0.25, 0.3) is 0 Å². The molecule has 0 spiro atoms. The van der Waals surface area contributed by atoms with Crippen molar-refractivity contribution < 1.29 is 18.0 Å². The molecule has 0 aliphatic carbocycles. The molecule has 4 nitrogen and oxygen atoms in total. The first-order chi connectivity index (χ1) is 8.83. The van der Waals surface area contributed by atoms with Crippen molar-refractivity contribution in [3.63, 3.8) is 0 Å². The van der Waals surface area contributed by atoms with Gasteiger partial charge in [-0.15, -0.1) is 0 Å². The molecule has 0 aliphatic rings. The normalized spacial score (nSPS) is 11.4. The summed E-state index contributed by atoms with van der Waals surface area (Å²) in [4.78, 5) is 20.0. The summed E-state index contributed by atoms with van der Waals surface area (Å²) in [6.07, 6.45) is -1.07. The van der Waals surface area contributed by atoms with E-state index in [0.717, 1.165) is 17.3 Å². The van der Waals surface area contributed by atoms with Crippen LogP contribution in [0.15, 0.2) is 12.4 Å². The lowest BCUT2D eigenvalue weighted by atomic mass is 10.3. The molecule has 0 saturated carbocycles. The minimum Gasteiger partial charge on any atom is -0.328 e. The lowest BCUT2D eigenvalue weighted by molar-refractivity contribution is -0.140. The number of hydrogen-bond acceptors (Lipinski definition) is 3. The molecule has 0 unspecified atom stereocenters. The second-order valence-electron chi connectivity index (χ2n) is 3.92. The maximum Gasteiger partial charge on any atom is 0.406 e. The number of halogens is 4. The molecule has 0 aliphatic heterocycles. The predicted octanol–water partition coefficient (Wildman–Crippen LogP) is 2.93. The molecule has 1 heterocycles. The van der Waals surface area contributed by atoms with Crippen LogP contribution in [0.5, 0.6) is 0 Å². The van der Waals surface area contributed by atoms with Gasteiger partial charge in [-0.05, 0) is 6.42 Å². The summed E-state index contributed by atoms with van der Waals surface area (Å²) < 4.78 is 37.3. The number of rotatable bonds is 5. The van der Waals surface area contributed by atoms with Crippen LogP contribution in [0.4, 0.5) is 13.2 Å². The van der Waals surface area contributed by atoms with E-state index >= 15 is 0 Å². The molecule has 0 aromatic carbocycles. The van der Waals surface area contributed by atoms with Crippen LogP contribution in [-0.2, 0) is 0 Å². The zero-order valence-electron chi connectivity index (χ0n) is 10.2. The largest absolute Gasteiger partial charge is 0.406 e. The van der Waals surface area contributed by atoms with Gasteiger partial charge in [0.25, 0.3) is 5.91 Å². The van der Waals surface area contributed by atoms with Gasteiger partial charge in [-0.3, -0.25) is 4.79 Å². The van der Waals surface area contributed by atoms with Gasteiger partial charge in [0, 0.05) is 6.54 Å². The lowest BCUT2D eigenvalue weighted by Gasteiger charge is -2.23. The summed E-state index contributed by atoms with van der Waals surface area (Å²) in [6.45, 7) is 0.563. The van der Waals surface area contributed by atoms with E-state index in [-0.39, 0.29) is 17.4 Å². The highest BCUT2D eigenvalue weighted by Crippen LogP contribution is 2.18. The van der Waals surface area contributed by atoms with Gasteiger partial charge < -0.3 is 4.90 Å². The van der Waals surface area contributed by atoms with Crippen molar-refractivity contribution in [1.82, 2.24) is 14.9 Å². The van der Waals surface area contributed by atoms with Crippen LogP contribution in [0.1, 0.15) is 30.3 Å². The number of aromatic nitrogens is 2. The number of unbranched alkanes of at least 4 members (excludes halogenated alkanes) is 1. The zero-order chi connectivity index (χ0) is 14.5. The van der Waals surface area contributed by atoms with Gasteiger partial charge in [0.05, 0.1) is 12.4 Å². The van der Waals surface area contributed by atoms with E-state index in [2.05, 4.69) is 9.97 Å². The molecule has 106 valence electrons. The molecule has 0 N–H and O–H groups in total. The van der Waals surface area contributed by atoms with Crippen molar-refractivity contribution in [3.8, 4) is 0 Å². The van der Waals surface area contributed by atoms with Crippen molar-refractivity contribution in [2.75, 3.05) is 13.1 Å². The maximum absolute atomic E-state index is 12.4.